The second-order valence-corrected chi connectivity index (χ2v) is 6.96. The van der Waals surface area contributed by atoms with Crippen molar-refractivity contribution >= 4 is 28.9 Å². The van der Waals surface area contributed by atoms with Crippen molar-refractivity contribution in [2.75, 3.05) is 0 Å². The molecule has 0 N–H and O–H groups in total. The van der Waals surface area contributed by atoms with Crippen molar-refractivity contribution < 1.29 is 17.7 Å². The topological polar surface area (TPSA) is 48.3 Å². The Bertz CT molecular complexity index is 409. The van der Waals surface area contributed by atoms with Crippen LogP contribution in [0.3, 0.4) is 0 Å². The molecule has 1 aromatic heterocycles. The van der Waals surface area contributed by atoms with Gasteiger partial charge in [-0.2, -0.15) is 13.2 Å². The van der Waals surface area contributed by atoms with Gasteiger partial charge in [-0.25, -0.2) is 4.98 Å². The van der Waals surface area contributed by atoms with Gasteiger partial charge >= 0.3 is 6.18 Å². The number of alkyl halides is 3. The molecule has 0 aliphatic carbocycles. The summed E-state index contributed by atoms with van der Waals surface area (Å²) in [7, 11) is 0. The molecule has 0 fully saturated rings. The van der Waals surface area contributed by atoms with Gasteiger partial charge in [-0.3, -0.25) is 0 Å². The van der Waals surface area contributed by atoms with E-state index in [2.05, 4.69) is 9.38 Å². The van der Waals surface area contributed by atoms with E-state index in [1.807, 2.05) is 0 Å². The predicted molar refractivity (Wildman–Crippen MR) is 62.6 cm³/mol. The molecule has 0 saturated heterocycles. The Balaban J connectivity index is 2.77. The number of hydrogen-bond donors (Lipinski definition) is 0. The average Bonchev–Trinajstić information content (AvgIpc) is 2.59. The summed E-state index contributed by atoms with van der Waals surface area (Å²) in [6.07, 6.45) is -3.34. The van der Waals surface area contributed by atoms with E-state index in [9.17, 15) is 17.7 Å². The highest BCUT2D eigenvalue weighted by molar-refractivity contribution is 7.91. The largest absolute Gasteiger partial charge is 0.591 e. The smallest absolute Gasteiger partial charge is 0.443 e. The number of rotatable bonds is 2. The fourth-order valence-electron chi connectivity index (χ4n) is 0.736. The first-order valence-electron chi connectivity index (χ1n) is 4.59. The van der Waals surface area contributed by atoms with E-state index in [0.29, 0.717) is 11.3 Å². The fraction of sp³-hybridized carbons (Fsp3) is 0.556. The molecule has 3 nitrogen and oxygen atoms in total. The number of halogens is 3. The van der Waals surface area contributed by atoms with Crippen LogP contribution in [0.1, 0.15) is 31.5 Å². The van der Waals surface area contributed by atoms with Gasteiger partial charge in [-0.15, -0.1) is 11.3 Å². The van der Waals surface area contributed by atoms with Crippen molar-refractivity contribution in [2.45, 2.75) is 31.7 Å². The van der Waals surface area contributed by atoms with Crippen molar-refractivity contribution in [3.63, 3.8) is 0 Å². The van der Waals surface area contributed by atoms with Crippen molar-refractivity contribution in [1.29, 1.82) is 0 Å². The standard InChI is InChI=1S/C9H11F3N2OS2/c1-8(2,3)17(15)13-4-6-5-16-7(14-6)9(10,11)12/h4-5H,1-3H3. The summed E-state index contributed by atoms with van der Waals surface area (Å²) in [4.78, 5) is 3.35. The minimum absolute atomic E-state index is 0.0694. The Morgan fingerprint density at radius 2 is 2.00 bits per heavy atom. The second kappa shape index (κ2) is 4.95. The molecule has 0 radical (unpaired) electrons. The summed E-state index contributed by atoms with van der Waals surface area (Å²) < 4.78 is 51.3. The molecule has 17 heavy (non-hydrogen) atoms. The Morgan fingerprint density at radius 1 is 1.41 bits per heavy atom. The van der Waals surface area contributed by atoms with Crippen LogP contribution in [0.5, 0.6) is 0 Å². The van der Waals surface area contributed by atoms with Crippen LogP contribution in [0, 0.1) is 0 Å². The molecule has 1 unspecified atom stereocenters. The number of hydrogen-bond acceptors (Lipinski definition) is 4. The van der Waals surface area contributed by atoms with Gasteiger partial charge in [0, 0.05) is 5.38 Å². The van der Waals surface area contributed by atoms with Crippen LogP contribution >= 0.6 is 11.3 Å². The van der Waals surface area contributed by atoms with Crippen LogP contribution in [-0.2, 0) is 17.5 Å². The summed E-state index contributed by atoms with van der Waals surface area (Å²) in [6.45, 7) is 5.17. The summed E-state index contributed by atoms with van der Waals surface area (Å²) in [6, 6.07) is 0. The van der Waals surface area contributed by atoms with E-state index >= 15 is 0 Å². The van der Waals surface area contributed by atoms with E-state index in [0.717, 1.165) is 6.21 Å². The van der Waals surface area contributed by atoms with E-state index in [1.54, 1.807) is 20.8 Å². The van der Waals surface area contributed by atoms with Crippen molar-refractivity contribution in [1.82, 2.24) is 4.98 Å². The lowest BCUT2D eigenvalue weighted by Gasteiger charge is -2.17. The Morgan fingerprint density at radius 3 is 2.41 bits per heavy atom. The monoisotopic (exact) mass is 284 g/mol. The maximum atomic E-state index is 12.2. The second-order valence-electron chi connectivity index (χ2n) is 4.17. The summed E-state index contributed by atoms with van der Waals surface area (Å²) in [5, 5.41) is 0.298. The molecule has 0 bridgehead atoms. The molecular formula is C9H11F3N2OS2. The lowest BCUT2D eigenvalue weighted by Crippen LogP contribution is -2.25. The molecule has 1 heterocycles. The molecule has 8 heteroatoms. The van der Waals surface area contributed by atoms with Crippen LogP contribution in [0.4, 0.5) is 13.2 Å². The minimum Gasteiger partial charge on any atom is -0.591 e. The molecule has 0 saturated carbocycles. The molecule has 0 aromatic carbocycles. The minimum atomic E-state index is -4.44. The molecule has 0 aliphatic heterocycles. The van der Waals surface area contributed by atoms with Gasteiger partial charge in [-0.1, -0.05) is 4.40 Å². The van der Waals surface area contributed by atoms with Crippen molar-refractivity contribution in [3.05, 3.63) is 16.1 Å². The molecule has 1 atom stereocenters. The molecule has 0 spiro atoms. The Hall–Kier alpha value is -0.600. The zero-order valence-electron chi connectivity index (χ0n) is 9.41. The predicted octanol–water partition coefficient (Wildman–Crippen LogP) is 3.04. The summed E-state index contributed by atoms with van der Waals surface area (Å²) in [5.74, 6) is 0. The maximum Gasteiger partial charge on any atom is 0.443 e. The molecule has 0 aliphatic rings. The number of thiazole rings is 1. The zero-order chi connectivity index (χ0) is 13.3. The molecule has 1 aromatic rings. The first kappa shape index (κ1) is 14.5. The maximum absolute atomic E-state index is 12.2. The summed E-state index contributed by atoms with van der Waals surface area (Å²) >= 11 is -1.01. The third kappa shape index (κ3) is 4.29. The van der Waals surface area contributed by atoms with E-state index < -0.39 is 27.3 Å². The third-order valence-corrected chi connectivity index (χ3v) is 3.82. The van der Waals surface area contributed by atoms with E-state index in [1.165, 1.54) is 5.38 Å². The highest BCUT2D eigenvalue weighted by atomic mass is 32.2. The highest BCUT2D eigenvalue weighted by Gasteiger charge is 2.34. The van der Waals surface area contributed by atoms with Gasteiger partial charge in [0.15, 0.2) is 5.01 Å². The molecule has 96 valence electrons. The van der Waals surface area contributed by atoms with Crippen LogP contribution in [0.25, 0.3) is 0 Å². The Labute approximate surface area is 104 Å². The first-order chi connectivity index (χ1) is 7.60. The lowest BCUT2D eigenvalue weighted by atomic mass is 10.3. The SMILES string of the molecule is CC(C)(C)[S+]([O-])N=Cc1csc(C(F)(F)F)n1. The van der Waals surface area contributed by atoms with Crippen LogP contribution in [-0.4, -0.2) is 20.5 Å². The van der Waals surface area contributed by atoms with Gasteiger partial charge in [0.25, 0.3) is 0 Å². The zero-order valence-corrected chi connectivity index (χ0v) is 11.0. The van der Waals surface area contributed by atoms with Crippen LogP contribution < -0.4 is 0 Å². The third-order valence-electron chi connectivity index (χ3n) is 1.57. The lowest BCUT2D eigenvalue weighted by molar-refractivity contribution is -0.137. The van der Waals surface area contributed by atoms with Crippen molar-refractivity contribution in [2.24, 2.45) is 4.40 Å². The van der Waals surface area contributed by atoms with Gasteiger partial charge in [0.05, 0.1) is 5.69 Å². The average molecular weight is 284 g/mol. The van der Waals surface area contributed by atoms with Gasteiger partial charge < -0.3 is 4.55 Å². The molecular weight excluding hydrogens is 273 g/mol. The van der Waals surface area contributed by atoms with E-state index in [4.69, 9.17) is 0 Å². The highest BCUT2D eigenvalue weighted by Crippen LogP contribution is 2.31. The van der Waals surface area contributed by atoms with Crippen LogP contribution in [0.15, 0.2) is 9.78 Å². The van der Waals surface area contributed by atoms with Gasteiger partial charge in [0.2, 0.25) is 0 Å². The Kier molecular flexibility index (Phi) is 4.21. The normalized spacial score (nSPS) is 15.5. The van der Waals surface area contributed by atoms with Gasteiger partial charge in [-0.05, 0) is 20.8 Å². The summed E-state index contributed by atoms with van der Waals surface area (Å²) in [5.41, 5.74) is 0.0694. The van der Waals surface area contributed by atoms with E-state index in [-0.39, 0.29) is 5.69 Å². The fourth-order valence-corrected chi connectivity index (χ4v) is 1.89. The molecule has 1 rings (SSSR count). The number of nitrogens with zero attached hydrogens (tertiary/aromatic N) is 2. The quantitative estimate of drug-likeness (QED) is 0.619. The van der Waals surface area contributed by atoms with Crippen molar-refractivity contribution in [3.8, 4) is 0 Å². The van der Waals surface area contributed by atoms with Crippen LogP contribution in [0.2, 0.25) is 0 Å². The number of aromatic nitrogens is 1. The molecule has 0 amide bonds. The first-order valence-corrected chi connectivity index (χ1v) is 6.58. The van der Waals surface area contributed by atoms with Gasteiger partial charge in [0.1, 0.15) is 22.3 Å².